The number of nitriles is 1. The molecule has 7 nitrogen and oxygen atoms in total. The van der Waals surface area contributed by atoms with Crippen LogP contribution >= 0.6 is 0 Å². The molecule has 2 rings (SSSR count). The molecule has 0 spiro atoms. The average Bonchev–Trinajstić information content (AvgIpc) is 2.81. The normalized spacial score (nSPS) is 10.1. The SMILES string of the molecule is CCN(Cc1ccc(OC)c(OC)c1)C(=O)CCC(=O)N(CCC#N)c1ccccc1. The Kier molecular flexibility index (Phi) is 9.37. The fourth-order valence-electron chi connectivity index (χ4n) is 3.25. The highest BCUT2D eigenvalue weighted by Gasteiger charge is 2.19. The molecule has 0 aliphatic carbocycles. The highest BCUT2D eigenvalue weighted by atomic mass is 16.5. The van der Waals surface area contributed by atoms with E-state index in [1.807, 2.05) is 55.5 Å². The van der Waals surface area contributed by atoms with Gasteiger partial charge >= 0.3 is 0 Å². The molecule has 0 unspecified atom stereocenters. The van der Waals surface area contributed by atoms with Crippen LogP contribution in [0.15, 0.2) is 48.5 Å². The topological polar surface area (TPSA) is 82.9 Å². The molecule has 0 bridgehead atoms. The molecule has 0 heterocycles. The molecule has 0 aromatic heterocycles. The molecule has 0 saturated carbocycles. The summed E-state index contributed by atoms with van der Waals surface area (Å²) in [6, 6.07) is 16.8. The first-order chi connectivity index (χ1) is 15.0. The summed E-state index contributed by atoms with van der Waals surface area (Å²) in [5.41, 5.74) is 1.65. The van der Waals surface area contributed by atoms with E-state index in [4.69, 9.17) is 14.7 Å². The molecule has 0 aliphatic heterocycles. The van der Waals surface area contributed by atoms with Gasteiger partial charge in [0, 0.05) is 38.2 Å². The number of carbonyl (C=O) groups is 2. The van der Waals surface area contributed by atoms with Crippen LogP contribution in [-0.4, -0.2) is 44.0 Å². The van der Waals surface area contributed by atoms with Gasteiger partial charge in [0.1, 0.15) is 0 Å². The zero-order valence-electron chi connectivity index (χ0n) is 18.3. The first kappa shape index (κ1) is 23.7. The van der Waals surface area contributed by atoms with Crippen LogP contribution in [0.1, 0.15) is 31.7 Å². The van der Waals surface area contributed by atoms with Gasteiger partial charge in [0.05, 0.1) is 26.7 Å². The Labute approximate surface area is 183 Å². The molecule has 0 N–H and O–H groups in total. The minimum absolute atomic E-state index is 0.0849. The number of amides is 2. The van der Waals surface area contributed by atoms with Crippen LogP contribution in [0.3, 0.4) is 0 Å². The summed E-state index contributed by atoms with van der Waals surface area (Å²) in [5.74, 6) is 0.968. The Morgan fingerprint density at radius 2 is 1.65 bits per heavy atom. The van der Waals surface area contributed by atoms with E-state index in [2.05, 4.69) is 6.07 Å². The molecular formula is C24H29N3O4. The zero-order chi connectivity index (χ0) is 22.6. The number of anilines is 1. The van der Waals surface area contributed by atoms with E-state index in [-0.39, 0.29) is 31.1 Å². The zero-order valence-corrected chi connectivity index (χ0v) is 18.3. The monoisotopic (exact) mass is 423 g/mol. The summed E-state index contributed by atoms with van der Waals surface area (Å²) in [6.07, 6.45) is 0.423. The molecule has 0 aliphatic rings. The number of carbonyl (C=O) groups excluding carboxylic acids is 2. The van der Waals surface area contributed by atoms with Crippen LogP contribution in [0.2, 0.25) is 0 Å². The number of benzene rings is 2. The predicted molar refractivity (Wildman–Crippen MR) is 119 cm³/mol. The fourth-order valence-corrected chi connectivity index (χ4v) is 3.25. The van der Waals surface area contributed by atoms with E-state index in [9.17, 15) is 9.59 Å². The van der Waals surface area contributed by atoms with Gasteiger partial charge in [-0.3, -0.25) is 9.59 Å². The van der Waals surface area contributed by atoms with Crippen molar-refractivity contribution in [3.05, 3.63) is 54.1 Å². The molecule has 164 valence electrons. The van der Waals surface area contributed by atoms with Crippen LogP contribution < -0.4 is 14.4 Å². The van der Waals surface area contributed by atoms with Gasteiger partial charge in [-0.15, -0.1) is 0 Å². The third-order valence-electron chi connectivity index (χ3n) is 4.92. The van der Waals surface area contributed by atoms with Crippen molar-refractivity contribution in [2.45, 2.75) is 32.7 Å². The van der Waals surface area contributed by atoms with Gasteiger partial charge < -0.3 is 19.3 Å². The molecule has 2 amide bonds. The summed E-state index contributed by atoms with van der Waals surface area (Å²) >= 11 is 0. The summed E-state index contributed by atoms with van der Waals surface area (Å²) in [4.78, 5) is 28.8. The van der Waals surface area contributed by atoms with E-state index < -0.39 is 0 Å². The fraction of sp³-hybridized carbons (Fsp3) is 0.375. The van der Waals surface area contributed by atoms with Crippen molar-refractivity contribution < 1.29 is 19.1 Å². The second-order valence-corrected chi connectivity index (χ2v) is 6.89. The van der Waals surface area contributed by atoms with Crippen LogP contribution in [0.4, 0.5) is 5.69 Å². The van der Waals surface area contributed by atoms with Crippen molar-refractivity contribution in [3.8, 4) is 17.6 Å². The van der Waals surface area contributed by atoms with E-state index in [0.717, 1.165) is 11.3 Å². The van der Waals surface area contributed by atoms with Gasteiger partial charge in [0.15, 0.2) is 11.5 Å². The minimum atomic E-state index is -0.169. The third kappa shape index (κ3) is 6.75. The van der Waals surface area contributed by atoms with Crippen LogP contribution in [0.25, 0.3) is 0 Å². The predicted octanol–water partition coefficient (Wildman–Crippen LogP) is 3.78. The van der Waals surface area contributed by atoms with Crippen molar-refractivity contribution in [1.29, 1.82) is 5.26 Å². The molecular weight excluding hydrogens is 394 g/mol. The summed E-state index contributed by atoms with van der Waals surface area (Å²) in [7, 11) is 3.15. The lowest BCUT2D eigenvalue weighted by atomic mass is 10.1. The minimum Gasteiger partial charge on any atom is -0.493 e. The van der Waals surface area contributed by atoms with Crippen LogP contribution in [0.5, 0.6) is 11.5 Å². The number of nitrogens with zero attached hydrogens (tertiary/aromatic N) is 3. The maximum atomic E-state index is 12.8. The van der Waals surface area contributed by atoms with Gasteiger partial charge in [0.25, 0.3) is 0 Å². The number of hydrogen-bond acceptors (Lipinski definition) is 5. The van der Waals surface area contributed by atoms with Gasteiger partial charge in [-0.1, -0.05) is 24.3 Å². The number of hydrogen-bond donors (Lipinski definition) is 0. The lowest BCUT2D eigenvalue weighted by Crippen LogP contribution is -2.34. The smallest absolute Gasteiger partial charge is 0.227 e. The van der Waals surface area contributed by atoms with E-state index in [1.165, 1.54) is 0 Å². The molecule has 7 heteroatoms. The lowest BCUT2D eigenvalue weighted by Gasteiger charge is -2.24. The van der Waals surface area contributed by atoms with Gasteiger partial charge in [0.2, 0.25) is 11.8 Å². The summed E-state index contributed by atoms with van der Waals surface area (Å²) in [5, 5.41) is 8.91. The lowest BCUT2D eigenvalue weighted by molar-refractivity contribution is -0.133. The Bertz CT molecular complexity index is 909. The molecule has 0 radical (unpaired) electrons. The van der Waals surface area contributed by atoms with Crippen molar-refractivity contribution in [2.24, 2.45) is 0 Å². The second kappa shape index (κ2) is 12.2. The maximum Gasteiger partial charge on any atom is 0.227 e. The van der Waals surface area contributed by atoms with Gasteiger partial charge in [-0.25, -0.2) is 0 Å². The standard InChI is InChI=1S/C24H29N3O4/c1-4-26(18-19-11-12-21(30-2)22(17-19)31-3)23(28)13-14-24(29)27(16-8-15-25)20-9-6-5-7-10-20/h5-7,9-12,17H,4,8,13-14,16,18H2,1-3H3. The number of rotatable bonds is 11. The molecule has 0 fully saturated rings. The Morgan fingerprint density at radius 3 is 2.26 bits per heavy atom. The second-order valence-electron chi connectivity index (χ2n) is 6.89. The van der Waals surface area contributed by atoms with Crippen LogP contribution in [0, 0.1) is 11.3 Å². The van der Waals surface area contributed by atoms with Crippen LogP contribution in [-0.2, 0) is 16.1 Å². The molecule has 0 saturated heterocycles. The van der Waals surface area contributed by atoms with E-state index >= 15 is 0 Å². The summed E-state index contributed by atoms with van der Waals surface area (Å²) in [6.45, 7) is 3.15. The third-order valence-corrected chi connectivity index (χ3v) is 4.92. The van der Waals surface area contributed by atoms with E-state index in [1.54, 1.807) is 24.0 Å². The van der Waals surface area contributed by atoms with Crippen molar-refractivity contribution in [1.82, 2.24) is 4.90 Å². The largest absolute Gasteiger partial charge is 0.493 e. The van der Waals surface area contributed by atoms with Gasteiger partial charge in [-0.2, -0.15) is 5.26 Å². The van der Waals surface area contributed by atoms with Crippen molar-refractivity contribution in [2.75, 3.05) is 32.2 Å². The number of ether oxygens (including phenoxy) is 2. The highest BCUT2D eigenvalue weighted by molar-refractivity contribution is 5.95. The van der Waals surface area contributed by atoms with Gasteiger partial charge in [-0.05, 0) is 36.8 Å². The Morgan fingerprint density at radius 1 is 0.968 bits per heavy atom. The van der Waals surface area contributed by atoms with Crippen molar-refractivity contribution in [3.63, 3.8) is 0 Å². The number of para-hydroxylation sites is 1. The first-order valence-electron chi connectivity index (χ1n) is 10.2. The Hall–Kier alpha value is -3.53. The number of methoxy groups -OCH3 is 2. The Balaban J connectivity index is 2.01. The molecule has 2 aromatic rings. The maximum absolute atomic E-state index is 12.8. The molecule has 31 heavy (non-hydrogen) atoms. The molecule has 0 atom stereocenters. The highest BCUT2D eigenvalue weighted by Crippen LogP contribution is 2.28. The average molecular weight is 424 g/mol. The quantitative estimate of drug-likeness (QED) is 0.549. The summed E-state index contributed by atoms with van der Waals surface area (Å²) < 4.78 is 10.6. The van der Waals surface area contributed by atoms with E-state index in [0.29, 0.717) is 31.1 Å². The van der Waals surface area contributed by atoms with Crippen molar-refractivity contribution >= 4 is 17.5 Å². The first-order valence-corrected chi connectivity index (χ1v) is 10.2. The molecule has 2 aromatic carbocycles.